The fourth-order valence-corrected chi connectivity index (χ4v) is 2.88. The van der Waals surface area contributed by atoms with Gasteiger partial charge in [-0.1, -0.05) is 62.7 Å². The Balaban J connectivity index is 2.36. The van der Waals surface area contributed by atoms with E-state index in [1.165, 1.54) is 5.56 Å². The van der Waals surface area contributed by atoms with Crippen molar-refractivity contribution < 1.29 is 4.74 Å². The minimum atomic E-state index is -0.0301. The van der Waals surface area contributed by atoms with Crippen LogP contribution in [-0.4, -0.2) is 7.11 Å². The molecule has 0 aromatic heterocycles. The van der Waals surface area contributed by atoms with Crippen LogP contribution in [0.5, 0.6) is 5.75 Å². The van der Waals surface area contributed by atoms with Gasteiger partial charge in [-0.15, -0.1) is 0 Å². The quantitative estimate of drug-likeness (QED) is 0.845. The van der Waals surface area contributed by atoms with Gasteiger partial charge in [-0.3, -0.25) is 0 Å². The number of benzene rings is 2. The zero-order valence-electron chi connectivity index (χ0n) is 13.1. The van der Waals surface area contributed by atoms with Crippen molar-refractivity contribution >= 4 is 0 Å². The topological polar surface area (TPSA) is 35.2 Å². The molecular weight excluding hydrogens is 258 g/mol. The number of ether oxygens (including phenoxy) is 1. The van der Waals surface area contributed by atoms with E-state index >= 15 is 0 Å². The van der Waals surface area contributed by atoms with Crippen LogP contribution < -0.4 is 10.5 Å². The van der Waals surface area contributed by atoms with Crippen LogP contribution in [-0.2, 0) is 0 Å². The van der Waals surface area contributed by atoms with Gasteiger partial charge in [-0.05, 0) is 29.2 Å². The Bertz CT molecular complexity index is 553. The molecule has 3 atom stereocenters. The molecule has 0 heterocycles. The van der Waals surface area contributed by atoms with E-state index in [1.54, 1.807) is 7.11 Å². The van der Waals surface area contributed by atoms with Gasteiger partial charge in [0.15, 0.2) is 0 Å². The summed E-state index contributed by atoms with van der Waals surface area (Å²) in [6, 6.07) is 18.6. The highest BCUT2D eigenvalue weighted by atomic mass is 16.5. The van der Waals surface area contributed by atoms with Crippen LogP contribution in [0.4, 0.5) is 0 Å². The molecule has 3 unspecified atom stereocenters. The third-order valence-corrected chi connectivity index (χ3v) is 4.31. The van der Waals surface area contributed by atoms with Crippen LogP contribution in [0.1, 0.15) is 43.4 Å². The summed E-state index contributed by atoms with van der Waals surface area (Å²) in [5.41, 5.74) is 9.05. The van der Waals surface area contributed by atoms with Gasteiger partial charge in [0, 0.05) is 12.0 Å². The first-order valence-electron chi connectivity index (χ1n) is 7.61. The van der Waals surface area contributed by atoms with Gasteiger partial charge in [0.25, 0.3) is 0 Å². The molecule has 0 saturated carbocycles. The van der Waals surface area contributed by atoms with E-state index < -0.39 is 0 Å². The van der Waals surface area contributed by atoms with Crippen LogP contribution in [0.3, 0.4) is 0 Å². The van der Waals surface area contributed by atoms with E-state index in [4.69, 9.17) is 10.5 Å². The van der Waals surface area contributed by atoms with Crippen molar-refractivity contribution in [3.63, 3.8) is 0 Å². The summed E-state index contributed by atoms with van der Waals surface area (Å²) in [5, 5.41) is 0. The molecule has 0 amide bonds. The van der Waals surface area contributed by atoms with E-state index in [1.807, 2.05) is 24.3 Å². The molecule has 0 spiro atoms. The van der Waals surface area contributed by atoms with E-state index in [0.29, 0.717) is 11.8 Å². The highest BCUT2D eigenvalue weighted by Gasteiger charge is 2.26. The van der Waals surface area contributed by atoms with Crippen molar-refractivity contribution in [1.29, 1.82) is 0 Å². The Morgan fingerprint density at radius 3 is 2.29 bits per heavy atom. The zero-order valence-corrected chi connectivity index (χ0v) is 13.1. The summed E-state index contributed by atoms with van der Waals surface area (Å²) in [6.07, 6.45) is 1.11. The summed E-state index contributed by atoms with van der Waals surface area (Å²) >= 11 is 0. The van der Waals surface area contributed by atoms with Gasteiger partial charge in [0.1, 0.15) is 5.75 Å². The third-order valence-electron chi connectivity index (χ3n) is 4.31. The van der Waals surface area contributed by atoms with Gasteiger partial charge in [0.2, 0.25) is 0 Å². The van der Waals surface area contributed by atoms with Crippen molar-refractivity contribution in [1.82, 2.24) is 0 Å². The van der Waals surface area contributed by atoms with Crippen LogP contribution in [0.25, 0.3) is 0 Å². The maximum absolute atomic E-state index is 6.62. The van der Waals surface area contributed by atoms with Gasteiger partial charge < -0.3 is 10.5 Å². The second-order valence-corrected chi connectivity index (χ2v) is 5.62. The lowest BCUT2D eigenvalue weighted by Crippen LogP contribution is -2.25. The molecule has 0 bridgehead atoms. The summed E-state index contributed by atoms with van der Waals surface area (Å²) in [4.78, 5) is 0. The Morgan fingerprint density at radius 2 is 1.67 bits per heavy atom. The SMILES string of the molecule is CCC(C)C(c1ccccc1)C(N)c1cccc(OC)c1. The number of hydrogen-bond acceptors (Lipinski definition) is 2. The van der Waals surface area contributed by atoms with Crippen LogP contribution >= 0.6 is 0 Å². The van der Waals surface area contributed by atoms with Crippen molar-refractivity contribution in [3.05, 3.63) is 65.7 Å². The minimum Gasteiger partial charge on any atom is -0.497 e. The highest BCUT2D eigenvalue weighted by Crippen LogP contribution is 2.37. The molecular formula is C19H25NO. The number of methoxy groups -OCH3 is 1. The molecule has 0 radical (unpaired) electrons. The average molecular weight is 283 g/mol. The van der Waals surface area contributed by atoms with E-state index in [-0.39, 0.29) is 6.04 Å². The van der Waals surface area contributed by atoms with E-state index in [0.717, 1.165) is 17.7 Å². The maximum atomic E-state index is 6.62. The fraction of sp³-hybridized carbons (Fsp3) is 0.368. The first kappa shape index (κ1) is 15.6. The van der Waals surface area contributed by atoms with Crippen LogP contribution in [0, 0.1) is 5.92 Å². The summed E-state index contributed by atoms with van der Waals surface area (Å²) in [5.74, 6) is 1.69. The molecule has 0 aliphatic carbocycles. The normalized spacial score (nSPS) is 15.2. The van der Waals surface area contributed by atoms with Crippen LogP contribution in [0.2, 0.25) is 0 Å². The first-order valence-corrected chi connectivity index (χ1v) is 7.61. The average Bonchev–Trinajstić information content (AvgIpc) is 2.55. The second-order valence-electron chi connectivity index (χ2n) is 5.62. The Labute approximate surface area is 127 Å². The third kappa shape index (κ3) is 3.64. The van der Waals surface area contributed by atoms with Crippen molar-refractivity contribution in [2.75, 3.05) is 7.11 Å². The smallest absolute Gasteiger partial charge is 0.119 e. The largest absolute Gasteiger partial charge is 0.497 e. The second kappa shape index (κ2) is 7.28. The molecule has 2 aromatic rings. The molecule has 0 saturated heterocycles. The molecule has 2 rings (SSSR count). The monoisotopic (exact) mass is 283 g/mol. The molecule has 2 nitrogen and oxygen atoms in total. The van der Waals surface area contributed by atoms with E-state index in [9.17, 15) is 0 Å². The van der Waals surface area contributed by atoms with Gasteiger partial charge >= 0.3 is 0 Å². The molecule has 21 heavy (non-hydrogen) atoms. The van der Waals surface area contributed by atoms with E-state index in [2.05, 4.69) is 44.2 Å². The first-order chi connectivity index (χ1) is 10.2. The molecule has 0 aliphatic heterocycles. The van der Waals surface area contributed by atoms with Crippen molar-refractivity contribution in [2.24, 2.45) is 11.7 Å². The summed E-state index contributed by atoms with van der Waals surface area (Å²) < 4.78 is 5.32. The molecule has 2 aromatic carbocycles. The number of rotatable bonds is 6. The fourth-order valence-electron chi connectivity index (χ4n) is 2.88. The molecule has 112 valence electrons. The molecule has 2 heteroatoms. The lowest BCUT2D eigenvalue weighted by atomic mass is 9.78. The Kier molecular flexibility index (Phi) is 5.40. The summed E-state index contributed by atoms with van der Waals surface area (Å²) in [6.45, 7) is 4.50. The predicted octanol–water partition coefficient (Wildman–Crippen LogP) is 4.52. The minimum absolute atomic E-state index is 0.0301. The predicted molar refractivity (Wildman–Crippen MR) is 88.6 cm³/mol. The maximum Gasteiger partial charge on any atom is 0.119 e. The lowest BCUT2D eigenvalue weighted by Gasteiger charge is -2.30. The Morgan fingerprint density at radius 1 is 1.00 bits per heavy atom. The van der Waals surface area contributed by atoms with Crippen molar-refractivity contribution in [3.8, 4) is 5.75 Å². The molecule has 0 aliphatic rings. The van der Waals surface area contributed by atoms with Gasteiger partial charge in [-0.25, -0.2) is 0 Å². The van der Waals surface area contributed by atoms with Gasteiger partial charge in [0.05, 0.1) is 7.11 Å². The molecule has 2 N–H and O–H groups in total. The van der Waals surface area contributed by atoms with Crippen LogP contribution in [0.15, 0.2) is 54.6 Å². The Hall–Kier alpha value is -1.80. The summed E-state index contributed by atoms with van der Waals surface area (Å²) in [7, 11) is 1.69. The zero-order chi connectivity index (χ0) is 15.2. The number of hydrogen-bond donors (Lipinski definition) is 1. The van der Waals surface area contributed by atoms with Crippen molar-refractivity contribution in [2.45, 2.75) is 32.2 Å². The highest BCUT2D eigenvalue weighted by molar-refractivity contribution is 5.34. The standard InChI is InChI=1S/C19H25NO/c1-4-14(2)18(15-9-6-5-7-10-15)19(20)16-11-8-12-17(13-16)21-3/h5-14,18-19H,4,20H2,1-3H3. The number of nitrogens with two attached hydrogens (primary N) is 1. The van der Waals surface area contributed by atoms with Gasteiger partial charge in [-0.2, -0.15) is 0 Å². The molecule has 0 fully saturated rings. The lowest BCUT2D eigenvalue weighted by molar-refractivity contribution is 0.384.